The van der Waals surface area contributed by atoms with E-state index in [2.05, 4.69) is 55.0 Å². The van der Waals surface area contributed by atoms with Crippen LogP contribution in [0.4, 0.5) is 0 Å². The lowest BCUT2D eigenvalue weighted by atomic mass is 9.32. The predicted molar refractivity (Wildman–Crippen MR) is 131 cm³/mol. The van der Waals surface area contributed by atoms with Gasteiger partial charge in [0.15, 0.2) is 0 Å². The fourth-order valence-electron chi connectivity index (χ4n) is 11.5. The maximum atomic E-state index is 10.9. The summed E-state index contributed by atoms with van der Waals surface area (Å²) < 4.78 is 0. The van der Waals surface area contributed by atoms with Gasteiger partial charge in [-0.2, -0.15) is 0 Å². The van der Waals surface area contributed by atoms with Gasteiger partial charge in [0, 0.05) is 0 Å². The second-order valence-electron chi connectivity index (χ2n) is 14.7. The third-order valence-corrected chi connectivity index (χ3v) is 13.5. The Morgan fingerprint density at radius 3 is 2.13 bits per heavy atom. The molecule has 5 rings (SSSR count). The third kappa shape index (κ3) is 2.65. The maximum absolute atomic E-state index is 10.9. The highest BCUT2D eigenvalue weighted by Crippen LogP contribution is 2.77. The lowest BCUT2D eigenvalue weighted by molar-refractivity contribution is -0.246. The number of hydrogen-bond donors (Lipinski definition) is 1. The smallest absolute Gasteiger partial charge is 0.0594 e. The van der Waals surface area contributed by atoms with Gasteiger partial charge in [-0.25, -0.2) is 0 Å². The first-order chi connectivity index (χ1) is 14.3. The van der Waals surface area contributed by atoms with Crippen molar-refractivity contribution in [1.29, 1.82) is 0 Å². The SMILES string of the molecule is C=C(C)[C@@H]1CC[C@]2(C)CC[C@@]3(C)[C@H](CC[C@@H]4[C@@]5(C)CC[C@H](O)C(C)(C)[C@@H]5CC[C@]43C)[C@@H]12. The molecule has 1 N–H and O–H groups in total. The molecule has 176 valence electrons. The van der Waals surface area contributed by atoms with Crippen LogP contribution in [-0.4, -0.2) is 11.2 Å². The topological polar surface area (TPSA) is 20.2 Å². The summed E-state index contributed by atoms with van der Waals surface area (Å²) in [6.07, 6.45) is 13.4. The van der Waals surface area contributed by atoms with Gasteiger partial charge in [-0.3, -0.25) is 0 Å². The molecule has 0 aromatic carbocycles. The summed E-state index contributed by atoms with van der Waals surface area (Å²) in [5.41, 5.74) is 3.38. The maximum Gasteiger partial charge on any atom is 0.0594 e. The van der Waals surface area contributed by atoms with Gasteiger partial charge in [-0.05, 0) is 128 Å². The van der Waals surface area contributed by atoms with Gasteiger partial charge in [-0.15, -0.1) is 0 Å². The Bertz CT molecular complexity index is 766. The second kappa shape index (κ2) is 6.64. The first kappa shape index (κ1) is 22.5. The van der Waals surface area contributed by atoms with Crippen LogP contribution in [0.2, 0.25) is 0 Å². The Morgan fingerprint density at radius 1 is 0.742 bits per heavy atom. The highest BCUT2D eigenvalue weighted by Gasteiger charge is 2.70. The van der Waals surface area contributed by atoms with Gasteiger partial charge in [0.2, 0.25) is 0 Å². The molecule has 31 heavy (non-hydrogen) atoms. The molecule has 0 bridgehead atoms. The third-order valence-electron chi connectivity index (χ3n) is 13.5. The van der Waals surface area contributed by atoms with Gasteiger partial charge in [0.1, 0.15) is 0 Å². The van der Waals surface area contributed by atoms with Crippen molar-refractivity contribution in [2.24, 2.45) is 56.7 Å². The van der Waals surface area contributed by atoms with E-state index in [4.69, 9.17) is 0 Å². The number of rotatable bonds is 1. The van der Waals surface area contributed by atoms with E-state index >= 15 is 0 Å². The van der Waals surface area contributed by atoms with Crippen LogP contribution in [0.15, 0.2) is 12.2 Å². The standard InChI is InChI=1S/C30H50O/c1-19(2)20-11-14-27(5)17-18-29(7)21(25(20)27)9-10-23-28(6)15-13-24(31)26(3,4)22(28)12-16-30(23,29)8/h20-25,31H,1,9-18H2,2-8H3/t20-,21+,22-,23+,24-,25+,27+,28-,29-,30+/m0/s1. The van der Waals surface area contributed by atoms with E-state index in [1.165, 1.54) is 63.4 Å². The van der Waals surface area contributed by atoms with Crippen LogP contribution in [0, 0.1) is 56.7 Å². The van der Waals surface area contributed by atoms with Gasteiger partial charge in [0.25, 0.3) is 0 Å². The minimum Gasteiger partial charge on any atom is -0.393 e. The molecule has 5 fully saturated rings. The summed E-state index contributed by atoms with van der Waals surface area (Å²) >= 11 is 0. The zero-order valence-corrected chi connectivity index (χ0v) is 21.7. The second-order valence-corrected chi connectivity index (χ2v) is 14.7. The molecule has 1 nitrogen and oxygen atoms in total. The van der Waals surface area contributed by atoms with Crippen molar-refractivity contribution in [1.82, 2.24) is 0 Å². The van der Waals surface area contributed by atoms with Crippen LogP contribution < -0.4 is 0 Å². The normalized spacial score (nSPS) is 57.9. The summed E-state index contributed by atoms with van der Waals surface area (Å²) in [5.74, 6) is 3.98. The fourth-order valence-corrected chi connectivity index (χ4v) is 11.5. The molecule has 5 aliphatic carbocycles. The van der Waals surface area contributed by atoms with Crippen LogP contribution in [-0.2, 0) is 0 Å². The number of aliphatic hydroxyl groups is 1. The molecule has 0 heterocycles. The molecule has 0 spiro atoms. The van der Waals surface area contributed by atoms with E-state index in [-0.39, 0.29) is 11.5 Å². The van der Waals surface area contributed by atoms with Crippen molar-refractivity contribution in [2.75, 3.05) is 0 Å². The Labute approximate surface area is 192 Å². The van der Waals surface area contributed by atoms with E-state index < -0.39 is 0 Å². The minimum atomic E-state index is -0.118. The molecule has 0 aromatic rings. The fraction of sp³-hybridized carbons (Fsp3) is 0.933. The molecule has 1 heteroatoms. The van der Waals surface area contributed by atoms with Crippen LogP contribution in [0.1, 0.15) is 113 Å². The zero-order chi connectivity index (χ0) is 22.6. The molecule has 0 amide bonds. The van der Waals surface area contributed by atoms with E-state index in [9.17, 15) is 5.11 Å². The molecule has 0 aromatic heterocycles. The highest BCUT2D eigenvalue weighted by atomic mass is 16.3. The van der Waals surface area contributed by atoms with Crippen molar-refractivity contribution in [3.63, 3.8) is 0 Å². The van der Waals surface area contributed by atoms with Crippen LogP contribution >= 0.6 is 0 Å². The number of hydrogen-bond acceptors (Lipinski definition) is 1. The molecule has 0 aliphatic heterocycles. The van der Waals surface area contributed by atoms with E-state index in [0.29, 0.717) is 27.6 Å². The van der Waals surface area contributed by atoms with Crippen molar-refractivity contribution in [2.45, 2.75) is 119 Å². The van der Waals surface area contributed by atoms with Crippen molar-refractivity contribution >= 4 is 0 Å². The summed E-state index contributed by atoms with van der Waals surface area (Å²) in [7, 11) is 0. The van der Waals surface area contributed by atoms with E-state index in [1.54, 1.807) is 0 Å². The molecule has 0 radical (unpaired) electrons. The van der Waals surface area contributed by atoms with Crippen LogP contribution in [0.25, 0.3) is 0 Å². The van der Waals surface area contributed by atoms with Gasteiger partial charge >= 0.3 is 0 Å². The predicted octanol–water partition coefficient (Wildman–Crippen LogP) is 8.02. The van der Waals surface area contributed by atoms with Crippen molar-refractivity contribution in [3.05, 3.63) is 12.2 Å². The lowest BCUT2D eigenvalue weighted by Gasteiger charge is -2.73. The summed E-state index contributed by atoms with van der Waals surface area (Å²) in [6.45, 7) is 22.3. The lowest BCUT2D eigenvalue weighted by Crippen LogP contribution is -2.66. The first-order valence-electron chi connectivity index (χ1n) is 13.6. The first-order valence-corrected chi connectivity index (χ1v) is 13.6. The Morgan fingerprint density at radius 2 is 1.45 bits per heavy atom. The van der Waals surface area contributed by atoms with Crippen LogP contribution in [0.5, 0.6) is 0 Å². The van der Waals surface area contributed by atoms with Gasteiger partial charge in [0.05, 0.1) is 6.10 Å². The average molecular weight is 427 g/mol. The summed E-state index contributed by atoms with van der Waals surface area (Å²) in [5, 5.41) is 10.9. The Kier molecular flexibility index (Phi) is 4.82. The molecule has 5 saturated carbocycles. The van der Waals surface area contributed by atoms with Crippen molar-refractivity contribution in [3.8, 4) is 0 Å². The molecule has 10 atom stereocenters. The quantitative estimate of drug-likeness (QED) is 0.421. The molecular formula is C30H50O. The van der Waals surface area contributed by atoms with Crippen LogP contribution in [0.3, 0.4) is 0 Å². The van der Waals surface area contributed by atoms with E-state index in [1.807, 2.05) is 0 Å². The average Bonchev–Trinajstić information content (AvgIpc) is 3.04. The minimum absolute atomic E-state index is 0.0632. The summed E-state index contributed by atoms with van der Waals surface area (Å²) in [4.78, 5) is 0. The largest absolute Gasteiger partial charge is 0.393 e. The number of aliphatic hydroxyl groups excluding tert-OH is 1. The van der Waals surface area contributed by atoms with Crippen molar-refractivity contribution < 1.29 is 5.11 Å². The summed E-state index contributed by atoms with van der Waals surface area (Å²) in [6, 6.07) is 0. The molecular weight excluding hydrogens is 376 g/mol. The number of allylic oxidation sites excluding steroid dienone is 1. The number of fused-ring (bicyclic) bond motifs is 7. The monoisotopic (exact) mass is 426 g/mol. The zero-order valence-electron chi connectivity index (χ0n) is 21.7. The Hall–Kier alpha value is -0.300. The van der Waals surface area contributed by atoms with E-state index in [0.717, 1.165) is 30.1 Å². The van der Waals surface area contributed by atoms with Gasteiger partial charge in [-0.1, -0.05) is 53.7 Å². The molecule has 0 unspecified atom stereocenters. The van der Waals surface area contributed by atoms with Gasteiger partial charge < -0.3 is 5.11 Å². The Balaban J connectivity index is 1.54. The molecule has 5 aliphatic rings. The highest BCUT2D eigenvalue weighted by molar-refractivity contribution is 5.21. The molecule has 0 saturated heterocycles.